The van der Waals surface area contributed by atoms with Gasteiger partial charge in [0.05, 0.1) is 11.0 Å². The average molecular weight is 371 g/mol. The van der Waals surface area contributed by atoms with Crippen LogP contribution in [0.2, 0.25) is 0 Å². The van der Waals surface area contributed by atoms with Gasteiger partial charge in [-0.3, -0.25) is 4.79 Å². The van der Waals surface area contributed by atoms with Crippen LogP contribution in [-0.4, -0.2) is 34.1 Å². The van der Waals surface area contributed by atoms with Crippen molar-refractivity contribution in [1.82, 2.24) is 5.32 Å². The van der Waals surface area contributed by atoms with Crippen LogP contribution in [-0.2, 0) is 13.8 Å². The number of hydrogen-bond acceptors (Lipinski definition) is 4. The van der Waals surface area contributed by atoms with Crippen molar-refractivity contribution >= 4 is 41.6 Å². The molecule has 106 valence electrons. The van der Waals surface area contributed by atoms with Crippen LogP contribution in [0.25, 0.3) is 0 Å². The van der Waals surface area contributed by atoms with E-state index in [2.05, 4.69) is 21.2 Å². The monoisotopic (exact) mass is 369 g/mol. The number of nitrogens with one attached hydrogen (secondary N) is 1. The Labute approximate surface area is 124 Å². The molecule has 19 heavy (non-hydrogen) atoms. The smallest absolute Gasteiger partial charge is 0.262 e. The molecule has 0 aliphatic rings. The minimum atomic E-state index is -3.90. The second-order valence-electron chi connectivity index (χ2n) is 3.84. The van der Waals surface area contributed by atoms with Crippen molar-refractivity contribution in [2.45, 2.75) is 17.9 Å². The van der Waals surface area contributed by atoms with E-state index in [-0.39, 0.29) is 16.6 Å². The number of methoxy groups -OCH3 is 1. The maximum atomic E-state index is 11.8. The molecule has 0 radical (unpaired) electrons. The van der Waals surface area contributed by atoms with E-state index in [0.29, 0.717) is 11.0 Å². The van der Waals surface area contributed by atoms with Gasteiger partial charge in [-0.1, -0.05) is 0 Å². The first-order valence-electron chi connectivity index (χ1n) is 5.31. The van der Waals surface area contributed by atoms with E-state index >= 15 is 0 Å². The highest BCUT2D eigenvalue weighted by Gasteiger charge is 2.17. The number of amides is 1. The molecule has 1 atom stereocenters. The third-order valence-corrected chi connectivity index (χ3v) is 4.72. The molecule has 1 amide bonds. The SMILES string of the molecule is COC(C)CNC(=O)c1ccc(Br)c(S(=O)(=O)Cl)c1. The molecule has 0 saturated carbocycles. The first-order chi connectivity index (χ1) is 8.75. The second-order valence-corrected chi connectivity index (χ2v) is 7.23. The van der Waals surface area contributed by atoms with Gasteiger partial charge in [-0.05, 0) is 41.1 Å². The van der Waals surface area contributed by atoms with Crippen LogP contribution in [0.3, 0.4) is 0 Å². The van der Waals surface area contributed by atoms with Crippen LogP contribution in [0, 0.1) is 0 Å². The molecular formula is C11H13BrClNO4S. The largest absolute Gasteiger partial charge is 0.380 e. The highest BCUT2D eigenvalue weighted by atomic mass is 79.9. The van der Waals surface area contributed by atoms with Crippen LogP contribution in [0.15, 0.2) is 27.6 Å². The summed E-state index contributed by atoms with van der Waals surface area (Å²) >= 11 is 3.07. The van der Waals surface area contributed by atoms with Crippen molar-refractivity contribution in [3.05, 3.63) is 28.2 Å². The molecule has 5 nitrogen and oxygen atoms in total. The Kier molecular flexibility index (Phi) is 5.79. The zero-order chi connectivity index (χ0) is 14.6. The number of hydrogen-bond donors (Lipinski definition) is 1. The van der Waals surface area contributed by atoms with Crippen molar-refractivity contribution in [2.75, 3.05) is 13.7 Å². The number of halogens is 2. The van der Waals surface area contributed by atoms with Gasteiger partial charge in [0, 0.05) is 34.4 Å². The molecule has 0 heterocycles. The fraction of sp³-hybridized carbons (Fsp3) is 0.364. The summed E-state index contributed by atoms with van der Waals surface area (Å²) in [7, 11) is 2.91. The van der Waals surface area contributed by atoms with Crippen molar-refractivity contribution in [3.63, 3.8) is 0 Å². The lowest BCUT2D eigenvalue weighted by molar-refractivity contribution is 0.0870. The first-order valence-corrected chi connectivity index (χ1v) is 8.41. The molecule has 0 bridgehead atoms. The molecule has 0 aliphatic heterocycles. The molecule has 1 unspecified atom stereocenters. The Morgan fingerprint density at radius 2 is 2.16 bits per heavy atom. The third-order valence-electron chi connectivity index (χ3n) is 2.41. The van der Waals surface area contributed by atoms with E-state index in [1.165, 1.54) is 25.3 Å². The first kappa shape index (κ1) is 16.4. The lowest BCUT2D eigenvalue weighted by Gasteiger charge is -2.11. The van der Waals surface area contributed by atoms with Gasteiger partial charge in [0.1, 0.15) is 0 Å². The van der Waals surface area contributed by atoms with E-state index in [1.54, 1.807) is 6.92 Å². The summed E-state index contributed by atoms with van der Waals surface area (Å²) in [6.45, 7) is 2.13. The number of benzene rings is 1. The maximum Gasteiger partial charge on any atom is 0.262 e. The zero-order valence-corrected chi connectivity index (χ0v) is 13.5. The molecule has 1 N–H and O–H groups in total. The van der Waals surface area contributed by atoms with Crippen molar-refractivity contribution in [2.24, 2.45) is 0 Å². The summed E-state index contributed by atoms with van der Waals surface area (Å²) in [4.78, 5) is 11.7. The van der Waals surface area contributed by atoms with Crippen molar-refractivity contribution < 1.29 is 17.9 Å². The number of rotatable bonds is 5. The molecule has 0 saturated heterocycles. The summed E-state index contributed by atoms with van der Waals surface area (Å²) in [5.41, 5.74) is 0.214. The number of carbonyl (C=O) groups excluding carboxylic acids is 1. The molecule has 0 aliphatic carbocycles. The van der Waals surface area contributed by atoms with E-state index in [9.17, 15) is 13.2 Å². The van der Waals surface area contributed by atoms with Gasteiger partial charge in [0.25, 0.3) is 15.0 Å². The predicted molar refractivity (Wildman–Crippen MR) is 76.0 cm³/mol. The van der Waals surface area contributed by atoms with E-state index in [1.807, 2.05) is 0 Å². The van der Waals surface area contributed by atoms with Gasteiger partial charge in [-0.25, -0.2) is 8.42 Å². The fourth-order valence-electron chi connectivity index (χ4n) is 1.25. The minimum Gasteiger partial charge on any atom is -0.380 e. The molecule has 1 aromatic rings. The summed E-state index contributed by atoms with van der Waals surface area (Å²) in [5, 5.41) is 2.63. The highest BCUT2D eigenvalue weighted by Crippen LogP contribution is 2.26. The summed E-state index contributed by atoms with van der Waals surface area (Å²) < 4.78 is 28.0. The molecule has 0 spiro atoms. The lowest BCUT2D eigenvalue weighted by atomic mass is 10.2. The third kappa shape index (κ3) is 4.76. The molecule has 0 fully saturated rings. The second kappa shape index (κ2) is 6.69. The molecule has 0 aromatic heterocycles. The Balaban J connectivity index is 2.94. The Bertz CT molecular complexity index is 576. The van der Waals surface area contributed by atoms with E-state index in [0.717, 1.165) is 0 Å². The van der Waals surface area contributed by atoms with Crippen LogP contribution >= 0.6 is 26.6 Å². The topological polar surface area (TPSA) is 72.5 Å². The quantitative estimate of drug-likeness (QED) is 0.806. The van der Waals surface area contributed by atoms with Gasteiger partial charge in [-0.2, -0.15) is 0 Å². The van der Waals surface area contributed by atoms with Crippen LogP contribution < -0.4 is 5.32 Å². The van der Waals surface area contributed by atoms with E-state index < -0.39 is 15.0 Å². The zero-order valence-electron chi connectivity index (χ0n) is 10.3. The van der Waals surface area contributed by atoms with Crippen molar-refractivity contribution in [1.29, 1.82) is 0 Å². The maximum absolute atomic E-state index is 11.8. The molecule has 1 rings (SSSR count). The summed E-state index contributed by atoms with van der Waals surface area (Å²) in [5.74, 6) is -0.391. The van der Waals surface area contributed by atoms with Gasteiger partial charge < -0.3 is 10.1 Å². The Hall–Kier alpha value is -0.630. The average Bonchev–Trinajstić information content (AvgIpc) is 2.34. The summed E-state index contributed by atoms with van der Waals surface area (Å²) in [6.07, 6.45) is -0.129. The van der Waals surface area contributed by atoms with Crippen LogP contribution in [0.4, 0.5) is 0 Å². The fourth-order valence-corrected chi connectivity index (χ4v) is 3.37. The van der Waals surface area contributed by atoms with Crippen LogP contribution in [0.1, 0.15) is 17.3 Å². The summed E-state index contributed by atoms with van der Waals surface area (Å²) in [6, 6.07) is 4.19. The molecule has 8 heteroatoms. The van der Waals surface area contributed by atoms with E-state index in [4.69, 9.17) is 15.4 Å². The van der Waals surface area contributed by atoms with Gasteiger partial charge in [-0.15, -0.1) is 0 Å². The highest BCUT2D eigenvalue weighted by molar-refractivity contribution is 9.10. The van der Waals surface area contributed by atoms with Crippen molar-refractivity contribution in [3.8, 4) is 0 Å². The van der Waals surface area contributed by atoms with Crippen LogP contribution in [0.5, 0.6) is 0 Å². The Morgan fingerprint density at radius 1 is 1.53 bits per heavy atom. The number of carbonyl (C=O) groups is 1. The van der Waals surface area contributed by atoms with Gasteiger partial charge in [0.2, 0.25) is 0 Å². The predicted octanol–water partition coefficient (Wildman–Crippen LogP) is 2.14. The lowest BCUT2D eigenvalue weighted by Crippen LogP contribution is -2.31. The minimum absolute atomic E-state index is 0.129. The number of ether oxygens (including phenoxy) is 1. The standard InChI is InChI=1S/C11H13BrClNO4S/c1-7(18-2)6-14-11(15)8-3-4-9(12)10(5-8)19(13,16)17/h3-5,7H,6H2,1-2H3,(H,14,15). The molecular weight excluding hydrogens is 358 g/mol. The normalized spacial score (nSPS) is 13.1. The molecule has 1 aromatic carbocycles. The Morgan fingerprint density at radius 3 is 2.68 bits per heavy atom. The van der Waals surface area contributed by atoms with Gasteiger partial charge in [0.15, 0.2) is 0 Å². The van der Waals surface area contributed by atoms with Gasteiger partial charge >= 0.3 is 0 Å².